The van der Waals surface area contributed by atoms with Crippen molar-refractivity contribution in [2.45, 2.75) is 76.8 Å². The van der Waals surface area contributed by atoms with Crippen LogP contribution < -0.4 is 5.32 Å². The fraction of sp³-hybridized carbons (Fsp3) is 0.941. The Kier molecular flexibility index (Phi) is 6.49. The zero-order valence-corrected chi connectivity index (χ0v) is 13.8. The lowest BCUT2D eigenvalue weighted by molar-refractivity contribution is -0.151. The molecule has 1 heterocycles. The molecule has 0 bridgehead atoms. The molecule has 0 aromatic carbocycles. The van der Waals surface area contributed by atoms with E-state index in [2.05, 4.69) is 10.2 Å². The van der Waals surface area contributed by atoms with E-state index in [1.807, 2.05) is 13.8 Å². The number of likely N-dealkylation sites (tertiary alicyclic amines) is 1. The molecular formula is C17H32N2O2. The largest absolute Gasteiger partial charge is 0.465 e. The molecule has 0 spiro atoms. The van der Waals surface area contributed by atoms with Crippen LogP contribution in [0.25, 0.3) is 0 Å². The van der Waals surface area contributed by atoms with Crippen LogP contribution in [-0.4, -0.2) is 48.7 Å². The molecular weight excluding hydrogens is 264 g/mol. The Morgan fingerprint density at radius 1 is 1.24 bits per heavy atom. The molecule has 0 aromatic heterocycles. The number of nitrogens with one attached hydrogen (secondary N) is 1. The Bertz CT molecular complexity index is 323. The summed E-state index contributed by atoms with van der Waals surface area (Å²) in [5, 5.41) is 3.51. The minimum atomic E-state index is -0.497. The second-order valence-electron chi connectivity index (χ2n) is 6.83. The first-order chi connectivity index (χ1) is 10.1. The van der Waals surface area contributed by atoms with Crippen LogP contribution >= 0.6 is 0 Å². The molecule has 0 aromatic rings. The Hall–Kier alpha value is -0.610. The van der Waals surface area contributed by atoms with Gasteiger partial charge in [0.05, 0.1) is 6.61 Å². The molecule has 0 radical (unpaired) electrons. The van der Waals surface area contributed by atoms with E-state index in [9.17, 15) is 4.79 Å². The van der Waals surface area contributed by atoms with E-state index < -0.39 is 5.54 Å². The summed E-state index contributed by atoms with van der Waals surface area (Å²) < 4.78 is 5.28. The number of hydrogen-bond donors (Lipinski definition) is 1. The van der Waals surface area contributed by atoms with Crippen LogP contribution in [-0.2, 0) is 9.53 Å². The predicted octanol–water partition coefficient (Wildman–Crippen LogP) is 2.72. The molecule has 2 fully saturated rings. The summed E-state index contributed by atoms with van der Waals surface area (Å²) in [5.74, 6) is -0.0761. The normalized spacial score (nSPS) is 23.3. The van der Waals surface area contributed by atoms with Crippen molar-refractivity contribution in [3.05, 3.63) is 0 Å². The Balaban J connectivity index is 1.78. The standard InChI is InChI=1S/C17H32N2O2/c1-3-21-16(20)17(2,18-15-9-10-15)11-8-14-19-12-6-4-5-7-13-19/h15,18H,3-14H2,1-2H3. The molecule has 1 saturated carbocycles. The zero-order valence-electron chi connectivity index (χ0n) is 13.8. The number of carbonyl (C=O) groups is 1. The van der Waals surface area contributed by atoms with Gasteiger partial charge in [-0.05, 0) is 72.0 Å². The number of hydrogen-bond acceptors (Lipinski definition) is 4. The van der Waals surface area contributed by atoms with Crippen molar-refractivity contribution < 1.29 is 9.53 Å². The molecule has 0 amide bonds. The van der Waals surface area contributed by atoms with Crippen LogP contribution in [0.15, 0.2) is 0 Å². The molecule has 1 saturated heterocycles. The highest BCUT2D eigenvalue weighted by Crippen LogP contribution is 2.26. The van der Waals surface area contributed by atoms with Crippen LogP contribution in [0.4, 0.5) is 0 Å². The van der Waals surface area contributed by atoms with Crippen LogP contribution in [0.5, 0.6) is 0 Å². The quantitative estimate of drug-likeness (QED) is 0.699. The Morgan fingerprint density at radius 3 is 2.48 bits per heavy atom. The minimum absolute atomic E-state index is 0.0761. The van der Waals surface area contributed by atoms with E-state index in [0.29, 0.717) is 12.6 Å². The van der Waals surface area contributed by atoms with Gasteiger partial charge in [-0.25, -0.2) is 0 Å². The van der Waals surface area contributed by atoms with E-state index in [1.54, 1.807) is 0 Å². The van der Waals surface area contributed by atoms with Gasteiger partial charge in [0.15, 0.2) is 0 Å². The summed E-state index contributed by atoms with van der Waals surface area (Å²) >= 11 is 0. The maximum atomic E-state index is 12.3. The topological polar surface area (TPSA) is 41.6 Å². The third-order valence-electron chi connectivity index (χ3n) is 4.68. The van der Waals surface area contributed by atoms with Crippen molar-refractivity contribution >= 4 is 5.97 Å². The van der Waals surface area contributed by atoms with Gasteiger partial charge in [0, 0.05) is 6.04 Å². The zero-order chi connectivity index (χ0) is 15.1. The SMILES string of the molecule is CCOC(=O)C(C)(CCCN1CCCCCC1)NC1CC1. The molecule has 4 heteroatoms. The molecule has 1 N–H and O–H groups in total. The minimum Gasteiger partial charge on any atom is -0.465 e. The summed E-state index contributed by atoms with van der Waals surface area (Å²) in [6.07, 6.45) is 9.74. The predicted molar refractivity (Wildman–Crippen MR) is 85.3 cm³/mol. The Labute approximate surface area is 129 Å². The van der Waals surface area contributed by atoms with Crippen LogP contribution in [0, 0.1) is 0 Å². The lowest BCUT2D eigenvalue weighted by Crippen LogP contribution is -2.51. The fourth-order valence-corrected chi connectivity index (χ4v) is 3.22. The smallest absolute Gasteiger partial charge is 0.326 e. The summed E-state index contributed by atoms with van der Waals surface area (Å²) in [6, 6.07) is 0.526. The van der Waals surface area contributed by atoms with Gasteiger partial charge >= 0.3 is 5.97 Å². The maximum absolute atomic E-state index is 12.3. The highest BCUT2D eigenvalue weighted by atomic mass is 16.5. The summed E-state index contributed by atoms with van der Waals surface area (Å²) in [7, 11) is 0. The van der Waals surface area contributed by atoms with Gasteiger partial charge in [0.2, 0.25) is 0 Å². The second-order valence-corrected chi connectivity index (χ2v) is 6.83. The molecule has 1 aliphatic carbocycles. The third kappa shape index (κ3) is 5.59. The number of ether oxygens (including phenoxy) is 1. The van der Waals surface area contributed by atoms with E-state index in [4.69, 9.17) is 4.74 Å². The maximum Gasteiger partial charge on any atom is 0.326 e. The number of carbonyl (C=O) groups excluding carboxylic acids is 1. The molecule has 122 valence electrons. The lowest BCUT2D eigenvalue weighted by Gasteiger charge is -2.30. The van der Waals surface area contributed by atoms with Crippen molar-refractivity contribution in [3.8, 4) is 0 Å². The number of esters is 1. The average molecular weight is 296 g/mol. The first-order valence-corrected chi connectivity index (χ1v) is 8.81. The summed E-state index contributed by atoms with van der Waals surface area (Å²) in [4.78, 5) is 14.8. The molecule has 2 aliphatic rings. The van der Waals surface area contributed by atoms with E-state index in [-0.39, 0.29) is 5.97 Å². The Morgan fingerprint density at radius 2 is 1.90 bits per heavy atom. The molecule has 4 nitrogen and oxygen atoms in total. The first kappa shape index (κ1) is 16.8. The van der Waals surface area contributed by atoms with Crippen molar-refractivity contribution in [2.75, 3.05) is 26.2 Å². The molecule has 1 unspecified atom stereocenters. The summed E-state index contributed by atoms with van der Waals surface area (Å²) in [5.41, 5.74) is -0.497. The average Bonchev–Trinajstić information content (AvgIpc) is 3.26. The molecule has 2 rings (SSSR count). The monoisotopic (exact) mass is 296 g/mol. The van der Waals surface area contributed by atoms with Gasteiger partial charge in [-0.1, -0.05) is 12.8 Å². The van der Waals surface area contributed by atoms with Gasteiger partial charge in [-0.3, -0.25) is 10.1 Å². The van der Waals surface area contributed by atoms with Gasteiger partial charge in [-0.15, -0.1) is 0 Å². The first-order valence-electron chi connectivity index (χ1n) is 8.81. The van der Waals surface area contributed by atoms with E-state index >= 15 is 0 Å². The van der Waals surface area contributed by atoms with Gasteiger partial charge in [-0.2, -0.15) is 0 Å². The lowest BCUT2D eigenvalue weighted by atomic mass is 9.95. The van der Waals surface area contributed by atoms with Crippen molar-refractivity contribution in [3.63, 3.8) is 0 Å². The van der Waals surface area contributed by atoms with E-state index in [0.717, 1.165) is 19.4 Å². The van der Waals surface area contributed by atoms with Crippen LogP contribution in [0.1, 0.15) is 65.2 Å². The van der Waals surface area contributed by atoms with Crippen LogP contribution in [0.3, 0.4) is 0 Å². The van der Waals surface area contributed by atoms with Crippen molar-refractivity contribution in [1.29, 1.82) is 0 Å². The second kappa shape index (κ2) is 8.14. The fourth-order valence-electron chi connectivity index (χ4n) is 3.22. The van der Waals surface area contributed by atoms with E-state index in [1.165, 1.54) is 51.6 Å². The van der Waals surface area contributed by atoms with Gasteiger partial charge in [0.1, 0.15) is 5.54 Å². The number of rotatable bonds is 8. The molecule has 1 aliphatic heterocycles. The molecule has 21 heavy (non-hydrogen) atoms. The third-order valence-corrected chi connectivity index (χ3v) is 4.68. The van der Waals surface area contributed by atoms with Gasteiger partial charge < -0.3 is 9.64 Å². The van der Waals surface area contributed by atoms with Crippen LogP contribution in [0.2, 0.25) is 0 Å². The summed E-state index contributed by atoms with van der Waals surface area (Å²) in [6.45, 7) is 7.94. The number of nitrogens with zero attached hydrogens (tertiary/aromatic N) is 1. The van der Waals surface area contributed by atoms with Crippen molar-refractivity contribution in [1.82, 2.24) is 10.2 Å². The highest BCUT2D eigenvalue weighted by Gasteiger charge is 2.39. The highest BCUT2D eigenvalue weighted by molar-refractivity contribution is 5.80. The van der Waals surface area contributed by atoms with Crippen molar-refractivity contribution in [2.24, 2.45) is 0 Å². The molecule has 1 atom stereocenters. The van der Waals surface area contributed by atoms with Gasteiger partial charge in [0.25, 0.3) is 0 Å².